The van der Waals surface area contributed by atoms with Crippen LogP contribution in [0.5, 0.6) is 0 Å². The molecule has 3 nitrogen and oxygen atoms in total. The van der Waals surface area contributed by atoms with E-state index in [4.69, 9.17) is 15.0 Å². The SMILES string of the molecule is C(=C\c1ccc(/C=C/c2ccccc2)c(N=C(c2ccc(N=C(c3ccccc3)c3ccccc3)cc2)c2ccc(N=C(c3ccccc3)c3ccccc3)cc2)c1)/c1ccccc1. The number of hydrogen-bond donors (Lipinski definition) is 0. The molecule has 9 aromatic rings. The van der Waals surface area contributed by atoms with E-state index in [1.165, 1.54) is 0 Å². The molecule has 0 saturated heterocycles. The maximum Gasteiger partial charge on any atom is 0.0781 e. The first-order chi connectivity index (χ1) is 31.7. The Kier molecular flexibility index (Phi) is 13.0. The van der Waals surface area contributed by atoms with Crippen LogP contribution in [0.15, 0.2) is 264 Å². The standard InChI is InChI=1S/C61H45N3/c1-7-19-46(20-8-1)31-32-48-34-36-49(35-33-47-21-9-2-10-22-47)58(45-48)64-61(54-37-41-56(42-38-54)62-59(50-23-11-3-12-24-50)51-25-13-4-14-26-51)55-39-43-57(44-40-55)63-60(52-27-15-5-16-28-52)53-29-17-6-18-30-53/h1-45H/b32-31+,35-33+. The fourth-order valence-electron chi connectivity index (χ4n) is 7.45. The average Bonchev–Trinajstić information content (AvgIpc) is 3.37. The summed E-state index contributed by atoms with van der Waals surface area (Å²) in [7, 11) is 0. The van der Waals surface area contributed by atoms with E-state index in [1.54, 1.807) is 0 Å². The van der Waals surface area contributed by atoms with Crippen LogP contribution in [0.4, 0.5) is 17.1 Å². The third kappa shape index (κ3) is 10.5. The molecule has 0 saturated carbocycles. The summed E-state index contributed by atoms with van der Waals surface area (Å²) in [5, 5.41) is 0. The lowest BCUT2D eigenvalue weighted by molar-refractivity contribution is 1.43. The Morgan fingerprint density at radius 3 is 0.953 bits per heavy atom. The molecule has 64 heavy (non-hydrogen) atoms. The molecular formula is C61H45N3. The van der Waals surface area contributed by atoms with Gasteiger partial charge in [-0.1, -0.05) is 243 Å². The topological polar surface area (TPSA) is 37.1 Å². The summed E-state index contributed by atoms with van der Waals surface area (Å²) in [6, 6.07) is 85.4. The van der Waals surface area contributed by atoms with E-state index in [2.05, 4.69) is 237 Å². The zero-order valence-electron chi connectivity index (χ0n) is 35.3. The van der Waals surface area contributed by atoms with Gasteiger partial charge in [0, 0.05) is 38.9 Å². The normalized spacial score (nSPS) is 11.0. The molecule has 3 heteroatoms. The second-order valence-electron chi connectivity index (χ2n) is 15.2. The van der Waals surface area contributed by atoms with Crippen molar-refractivity contribution < 1.29 is 0 Å². The third-order valence-electron chi connectivity index (χ3n) is 10.8. The van der Waals surface area contributed by atoms with E-state index < -0.39 is 0 Å². The van der Waals surface area contributed by atoms with Gasteiger partial charge in [0.15, 0.2) is 0 Å². The van der Waals surface area contributed by atoms with E-state index in [0.29, 0.717) is 0 Å². The molecule has 0 aliphatic carbocycles. The van der Waals surface area contributed by atoms with Crippen LogP contribution in [-0.2, 0) is 0 Å². The highest BCUT2D eigenvalue weighted by atomic mass is 14.8. The third-order valence-corrected chi connectivity index (χ3v) is 10.8. The van der Waals surface area contributed by atoms with E-state index in [9.17, 15) is 0 Å². The molecule has 0 amide bonds. The Hall–Kier alpha value is -8.53. The van der Waals surface area contributed by atoms with Crippen molar-refractivity contribution in [2.75, 3.05) is 0 Å². The van der Waals surface area contributed by atoms with Crippen LogP contribution in [0.1, 0.15) is 55.6 Å². The smallest absolute Gasteiger partial charge is 0.0781 e. The fraction of sp³-hybridized carbons (Fsp3) is 0. The van der Waals surface area contributed by atoms with Crippen LogP contribution in [0.2, 0.25) is 0 Å². The largest absolute Gasteiger partial charge is 0.248 e. The predicted molar refractivity (Wildman–Crippen MR) is 272 cm³/mol. The molecular weight excluding hydrogens is 775 g/mol. The average molecular weight is 820 g/mol. The van der Waals surface area contributed by atoms with E-state index in [-0.39, 0.29) is 0 Å². The minimum Gasteiger partial charge on any atom is -0.248 e. The van der Waals surface area contributed by atoms with Crippen molar-refractivity contribution in [1.29, 1.82) is 0 Å². The number of aliphatic imine (C=N–C) groups is 3. The zero-order chi connectivity index (χ0) is 43.2. The zero-order valence-corrected chi connectivity index (χ0v) is 35.3. The van der Waals surface area contributed by atoms with Gasteiger partial charge in [0.05, 0.1) is 34.2 Å². The first-order valence-electron chi connectivity index (χ1n) is 21.5. The van der Waals surface area contributed by atoms with Gasteiger partial charge in [0.25, 0.3) is 0 Å². The molecule has 9 rings (SSSR count). The molecule has 0 bridgehead atoms. The van der Waals surface area contributed by atoms with Crippen LogP contribution in [0.3, 0.4) is 0 Å². The Balaban J connectivity index is 1.16. The highest BCUT2D eigenvalue weighted by Gasteiger charge is 2.13. The Bertz CT molecular complexity index is 2840. The summed E-state index contributed by atoms with van der Waals surface area (Å²) in [5.74, 6) is 0. The quantitative estimate of drug-likeness (QED) is 0.0821. The molecule has 0 atom stereocenters. The summed E-state index contributed by atoms with van der Waals surface area (Å²) in [5.41, 5.74) is 15.7. The Labute approximate surface area is 376 Å². The van der Waals surface area contributed by atoms with Crippen molar-refractivity contribution in [3.05, 3.63) is 304 Å². The van der Waals surface area contributed by atoms with Gasteiger partial charge in [-0.2, -0.15) is 0 Å². The maximum atomic E-state index is 5.56. The second-order valence-corrected chi connectivity index (χ2v) is 15.2. The van der Waals surface area contributed by atoms with Gasteiger partial charge in [0.1, 0.15) is 0 Å². The molecule has 0 aliphatic heterocycles. The predicted octanol–water partition coefficient (Wildman–Crippen LogP) is 15.5. The molecule has 0 N–H and O–H groups in total. The number of hydrogen-bond acceptors (Lipinski definition) is 3. The number of rotatable bonds is 13. The Morgan fingerprint density at radius 2 is 0.562 bits per heavy atom. The molecule has 9 aromatic carbocycles. The van der Waals surface area contributed by atoms with Crippen LogP contribution >= 0.6 is 0 Å². The molecule has 0 heterocycles. The first kappa shape index (κ1) is 40.9. The van der Waals surface area contributed by atoms with Gasteiger partial charge in [0.2, 0.25) is 0 Å². The number of benzene rings is 9. The van der Waals surface area contributed by atoms with Crippen molar-refractivity contribution in [2.24, 2.45) is 15.0 Å². The summed E-state index contributed by atoms with van der Waals surface area (Å²) < 4.78 is 0. The molecule has 0 unspecified atom stereocenters. The van der Waals surface area contributed by atoms with Crippen LogP contribution in [-0.4, -0.2) is 17.1 Å². The lowest BCUT2D eigenvalue weighted by atomic mass is 9.99. The van der Waals surface area contributed by atoms with Crippen molar-refractivity contribution >= 4 is 58.5 Å². The van der Waals surface area contributed by atoms with Crippen LogP contribution in [0, 0.1) is 0 Å². The highest BCUT2D eigenvalue weighted by molar-refractivity contribution is 6.16. The fourth-order valence-corrected chi connectivity index (χ4v) is 7.45. The maximum absolute atomic E-state index is 5.56. The van der Waals surface area contributed by atoms with E-state index in [1.807, 2.05) is 36.4 Å². The molecule has 0 radical (unpaired) electrons. The van der Waals surface area contributed by atoms with Crippen LogP contribution in [0.25, 0.3) is 24.3 Å². The molecule has 0 aliphatic rings. The molecule has 304 valence electrons. The molecule has 0 fully saturated rings. The van der Waals surface area contributed by atoms with E-state index in [0.717, 1.165) is 89.8 Å². The van der Waals surface area contributed by atoms with Crippen molar-refractivity contribution in [2.45, 2.75) is 0 Å². The van der Waals surface area contributed by atoms with Gasteiger partial charge in [-0.05, 0) is 47.0 Å². The van der Waals surface area contributed by atoms with Crippen molar-refractivity contribution in [3.63, 3.8) is 0 Å². The van der Waals surface area contributed by atoms with Gasteiger partial charge >= 0.3 is 0 Å². The van der Waals surface area contributed by atoms with E-state index >= 15 is 0 Å². The lowest BCUT2D eigenvalue weighted by Gasteiger charge is -2.12. The summed E-state index contributed by atoms with van der Waals surface area (Å²) in [6.07, 6.45) is 8.57. The highest BCUT2D eigenvalue weighted by Crippen LogP contribution is 2.29. The summed E-state index contributed by atoms with van der Waals surface area (Å²) in [6.45, 7) is 0. The van der Waals surface area contributed by atoms with Gasteiger partial charge in [-0.3, -0.25) is 0 Å². The summed E-state index contributed by atoms with van der Waals surface area (Å²) >= 11 is 0. The lowest BCUT2D eigenvalue weighted by Crippen LogP contribution is -2.04. The van der Waals surface area contributed by atoms with Crippen molar-refractivity contribution in [3.8, 4) is 0 Å². The summed E-state index contributed by atoms with van der Waals surface area (Å²) in [4.78, 5) is 16.0. The monoisotopic (exact) mass is 819 g/mol. The van der Waals surface area contributed by atoms with Crippen molar-refractivity contribution in [1.82, 2.24) is 0 Å². The van der Waals surface area contributed by atoms with Crippen LogP contribution < -0.4 is 0 Å². The molecule has 0 spiro atoms. The minimum atomic E-state index is 0.835. The molecule has 0 aromatic heterocycles. The second kappa shape index (κ2) is 20.4. The number of nitrogens with zero attached hydrogens (tertiary/aromatic N) is 3. The minimum absolute atomic E-state index is 0.835. The van der Waals surface area contributed by atoms with Gasteiger partial charge < -0.3 is 0 Å². The Morgan fingerprint density at radius 1 is 0.250 bits per heavy atom. The van der Waals surface area contributed by atoms with Gasteiger partial charge in [-0.15, -0.1) is 0 Å². The first-order valence-corrected chi connectivity index (χ1v) is 21.5. The van der Waals surface area contributed by atoms with Gasteiger partial charge in [-0.25, -0.2) is 15.0 Å².